The van der Waals surface area contributed by atoms with Gasteiger partial charge in [0.2, 0.25) is 0 Å². The number of ether oxygens (including phenoxy) is 1. The maximum atomic E-state index is 11.9. The predicted octanol–water partition coefficient (Wildman–Crippen LogP) is 1.46. The molecule has 0 saturated carbocycles. The van der Waals surface area contributed by atoms with Gasteiger partial charge in [-0.15, -0.1) is 0 Å². The molecule has 0 saturated heterocycles. The first kappa shape index (κ1) is 13.8. The molecule has 1 aromatic rings. The lowest BCUT2D eigenvalue weighted by Crippen LogP contribution is -2.32. The van der Waals surface area contributed by atoms with Crippen LogP contribution in [0.2, 0.25) is 0 Å². The molecule has 5 nitrogen and oxygen atoms in total. The van der Waals surface area contributed by atoms with Gasteiger partial charge in [0.15, 0.2) is 0 Å². The van der Waals surface area contributed by atoms with Crippen LogP contribution in [0.4, 0.5) is 0 Å². The van der Waals surface area contributed by atoms with Crippen LogP contribution in [0.15, 0.2) is 18.2 Å². The highest BCUT2D eigenvalue weighted by atomic mass is 127. The average molecular weight is 349 g/mol. The molecule has 17 heavy (non-hydrogen) atoms. The van der Waals surface area contributed by atoms with Gasteiger partial charge in [0, 0.05) is 10.6 Å². The lowest BCUT2D eigenvalue weighted by molar-refractivity contribution is -0.137. The molecule has 6 heteroatoms. The van der Waals surface area contributed by atoms with E-state index < -0.39 is 5.97 Å². The van der Waals surface area contributed by atoms with E-state index in [1.54, 1.807) is 25.3 Å². The van der Waals surface area contributed by atoms with Crippen molar-refractivity contribution in [3.8, 4) is 5.75 Å². The normalized spacial score (nSPS) is 9.82. The minimum Gasteiger partial charge on any atom is -0.497 e. The first-order valence-corrected chi connectivity index (χ1v) is 5.84. The zero-order chi connectivity index (χ0) is 13.0. The largest absolute Gasteiger partial charge is 0.497 e. The summed E-state index contributed by atoms with van der Waals surface area (Å²) in [6, 6.07) is 5.02. The number of rotatable bonds is 4. The number of carbonyl (C=O) groups excluding carboxylic acids is 1. The maximum Gasteiger partial charge on any atom is 0.323 e. The summed E-state index contributed by atoms with van der Waals surface area (Å²) in [4.78, 5) is 23.6. The van der Waals surface area contributed by atoms with Crippen LogP contribution in [-0.2, 0) is 4.79 Å². The molecule has 0 bridgehead atoms. The monoisotopic (exact) mass is 349 g/mol. The van der Waals surface area contributed by atoms with Gasteiger partial charge in [0.05, 0.1) is 12.7 Å². The van der Waals surface area contributed by atoms with Gasteiger partial charge in [-0.1, -0.05) is 0 Å². The molecule has 1 aromatic carbocycles. The highest BCUT2D eigenvalue weighted by Gasteiger charge is 2.17. The highest BCUT2D eigenvalue weighted by Crippen LogP contribution is 2.20. The van der Waals surface area contributed by atoms with Crippen molar-refractivity contribution in [1.82, 2.24) is 4.90 Å². The fourth-order valence-corrected chi connectivity index (χ4v) is 1.99. The molecule has 1 N–H and O–H groups in total. The van der Waals surface area contributed by atoms with Crippen LogP contribution in [0.5, 0.6) is 5.75 Å². The number of likely N-dealkylation sites (N-methyl/N-ethyl adjacent to an activating group) is 1. The van der Waals surface area contributed by atoms with Crippen molar-refractivity contribution < 1.29 is 19.4 Å². The van der Waals surface area contributed by atoms with E-state index in [1.807, 2.05) is 22.6 Å². The molecule has 92 valence electrons. The van der Waals surface area contributed by atoms with Gasteiger partial charge in [-0.25, -0.2) is 0 Å². The van der Waals surface area contributed by atoms with E-state index >= 15 is 0 Å². The number of hydrogen-bond acceptors (Lipinski definition) is 3. The van der Waals surface area contributed by atoms with Crippen LogP contribution in [0.25, 0.3) is 0 Å². The highest BCUT2D eigenvalue weighted by molar-refractivity contribution is 14.1. The molecule has 0 spiro atoms. The minimum atomic E-state index is -1.04. The second-order valence-corrected chi connectivity index (χ2v) is 4.56. The summed E-state index contributed by atoms with van der Waals surface area (Å²) in [6.45, 7) is -0.319. The van der Waals surface area contributed by atoms with Gasteiger partial charge >= 0.3 is 5.97 Å². The van der Waals surface area contributed by atoms with Crippen LogP contribution < -0.4 is 4.74 Å². The molecule has 0 aliphatic rings. The zero-order valence-electron chi connectivity index (χ0n) is 9.44. The standard InChI is InChI=1S/C11H12INO4/c1-13(6-10(14)15)11(16)8-4-3-7(17-2)5-9(8)12/h3-5H,6H2,1-2H3,(H,14,15). The third-order valence-electron chi connectivity index (χ3n) is 2.13. The first-order valence-electron chi connectivity index (χ1n) is 4.76. The summed E-state index contributed by atoms with van der Waals surface area (Å²) in [7, 11) is 3.00. The fourth-order valence-electron chi connectivity index (χ4n) is 1.28. The number of carboxylic acids is 1. The number of hydrogen-bond donors (Lipinski definition) is 1. The Morgan fingerprint density at radius 1 is 1.47 bits per heavy atom. The molecule has 0 heterocycles. The van der Waals surface area contributed by atoms with E-state index in [0.29, 0.717) is 11.3 Å². The summed E-state index contributed by atoms with van der Waals surface area (Å²) in [5, 5.41) is 8.62. The summed E-state index contributed by atoms with van der Waals surface area (Å²) < 4.78 is 5.76. The van der Waals surface area contributed by atoms with Crippen LogP contribution in [0.1, 0.15) is 10.4 Å². The van der Waals surface area contributed by atoms with Gasteiger partial charge in [-0.3, -0.25) is 9.59 Å². The quantitative estimate of drug-likeness (QED) is 0.836. The Bertz CT molecular complexity index is 447. The number of halogens is 1. The van der Waals surface area contributed by atoms with E-state index in [1.165, 1.54) is 7.05 Å². The van der Waals surface area contributed by atoms with Gasteiger partial charge in [0.25, 0.3) is 5.91 Å². The maximum absolute atomic E-state index is 11.9. The second kappa shape index (κ2) is 5.85. The SMILES string of the molecule is COc1ccc(C(=O)N(C)CC(=O)O)c(I)c1. The topological polar surface area (TPSA) is 66.8 Å². The number of methoxy groups -OCH3 is 1. The summed E-state index contributed by atoms with van der Waals surface area (Å²) >= 11 is 2.02. The van der Waals surface area contributed by atoms with Crippen molar-refractivity contribution >= 4 is 34.5 Å². The lowest BCUT2D eigenvalue weighted by atomic mass is 10.2. The van der Waals surface area contributed by atoms with Crippen molar-refractivity contribution in [2.24, 2.45) is 0 Å². The first-order chi connectivity index (χ1) is 7.95. The van der Waals surface area contributed by atoms with Crippen molar-refractivity contribution in [2.45, 2.75) is 0 Å². The molecule has 0 radical (unpaired) electrons. The lowest BCUT2D eigenvalue weighted by Gasteiger charge is -2.15. The van der Waals surface area contributed by atoms with Crippen molar-refractivity contribution in [3.05, 3.63) is 27.3 Å². The Morgan fingerprint density at radius 3 is 2.59 bits per heavy atom. The Morgan fingerprint density at radius 2 is 2.12 bits per heavy atom. The minimum absolute atomic E-state index is 0.319. The number of nitrogens with zero attached hydrogens (tertiary/aromatic N) is 1. The number of amides is 1. The average Bonchev–Trinajstić information content (AvgIpc) is 2.27. The van der Waals surface area contributed by atoms with Crippen molar-refractivity contribution in [1.29, 1.82) is 0 Å². The van der Waals surface area contributed by atoms with Gasteiger partial charge in [0.1, 0.15) is 12.3 Å². The van der Waals surface area contributed by atoms with E-state index in [0.717, 1.165) is 8.47 Å². The van der Waals surface area contributed by atoms with E-state index in [-0.39, 0.29) is 12.5 Å². The molecule has 1 rings (SSSR count). The molecular formula is C11H12INO4. The fraction of sp³-hybridized carbons (Fsp3) is 0.273. The van der Waals surface area contributed by atoms with Crippen LogP contribution in [0, 0.1) is 3.57 Å². The third kappa shape index (κ3) is 3.58. The Balaban J connectivity index is 2.92. The number of carbonyl (C=O) groups is 2. The molecule has 0 aliphatic carbocycles. The smallest absolute Gasteiger partial charge is 0.323 e. The Hall–Kier alpha value is -1.31. The molecule has 1 amide bonds. The van der Waals surface area contributed by atoms with Crippen LogP contribution in [-0.4, -0.2) is 42.6 Å². The third-order valence-corrected chi connectivity index (χ3v) is 3.02. The summed E-state index contributed by atoms with van der Waals surface area (Å²) in [6.07, 6.45) is 0. The van der Waals surface area contributed by atoms with E-state index in [9.17, 15) is 9.59 Å². The van der Waals surface area contributed by atoms with Gasteiger partial charge in [-0.2, -0.15) is 0 Å². The van der Waals surface area contributed by atoms with Crippen molar-refractivity contribution in [2.75, 3.05) is 20.7 Å². The Kier molecular flexibility index (Phi) is 4.73. The molecular weight excluding hydrogens is 337 g/mol. The number of carboxylic acid groups (broad SMARTS) is 1. The van der Waals surface area contributed by atoms with Crippen molar-refractivity contribution in [3.63, 3.8) is 0 Å². The summed E-state index contributed by atoms with van der Waals surface area (Å²) in [5.74, 6) is -0.698. The van der Waals surface area contributed by atoms with E-state index in [4.69, 9.17) is 9.84 Å². The van der Waals surface area contributed by atoms with Gasteiger partial charge in [-0.05, 0) is 40.8 Å². The van der Waals surface area contributed by atoms with Gasteiger partial charge < -0.3 is 14.7 Å². The molecule has 0 fully saturated rings. The molecule has 0 aromatic heterocycles. The molecule has 0 aliphatic heterocycles. The van der Waals surface area contributed by atoms with Crippen LogP contribution >= 0.6 is 22.6 Å². The zero-order valence-corrected chi connectivity index (χ0v) is 11.6. The van der Waals surface area contributed by atoms with Crippen LogP contribution in [0.3, 0.4) is 0 Å². The van der Waals surface area contributed by atoms with E-state index in [2.05, 4.69) is 0 Å². The molecule has 0 atom stereocenters. The Labute approximate surface area is 113 Å². The number of benzene rings is 1. The molecule has 0 unspecified atom stereocenters. The predicted molar refractivity (Wildman–Crippen MR) is 70.3 cm³/mol. The number of aliphatic carboxylic acids is 1. The summed E-state index contributed by atoms with van der Waals surface area (Å²) in [5.41, 5.74) is 0.468. The second-order valence-electron chi connectivity index (χ2n) is 3.40.